The first kappa shape index (κ1) is 25.8. The summed E-state index contributed by atoms with van der Waals surface area (Å²) < 4.78 is 58.5. The van der Waals surface area contributed by atoms with Crippen molar-refractivity contribution in [3.8, 4) is 5.75 Å². The molecule has 0 amide bonds. The highest BCUT2D eigenvalue weighted by molar-refractivity contribution is 7.92. The highest BCUT2D eigenvalue weighted by atomic mass is 32.2. The molecule has 4 aromatic rings. The topological polar surface area (TPSA) is 167 Å². The van der Waals surface area contributed by atoms with Gasteiger partial charge in [-0.2, -0.15) is 8.68 Å². The molecule has 0 bridgehead atoms. The number of phenolic OH excluding ortho intramolecular Hbond substituents is 1. The fourth-order valence-corrected chi connectivity index (χ4v) is 6.45. The number of rotatable bonds is 8. The first-order valence-electron chi connectivity index (χ1n) is 10.7. The molecule has 190 valence electrons. The summed E-state index contributed by atoms with van der Waals surface area (Å²) in [5, 5.41) is 20.8. The molecule has 0 atom stereocenters. The molecule has 0 saturated carbocycles. The SMILES string of the molecule is CCN(CC)S(=O)(=O)c1cc(/N=N/c2snc3nc(C)ncc23)c2c(NS(C)(=O)=O)cccc2c1O. The van der Waals surface area contributed by atoms with E-state index < -0.39 is 25.8 Å². The molecular formula is C21H23N7O5S3. The largest absolute Gasteiger partial charge is 0.506 e. The number of sulfonamides is 2. The molecule has 2 aromatic heterocycles. The van der Waals surface area contributed by atoms with Gasteiger partial charge in [0.05, 0.1) is 23.0 Å². The number of nitrogens with one attached hydrogen (secondary N) is 1. The predicted octanol–water partition coefficient (Wildman–Crippen LogP) is 4.07. The van der Waals surface area contributed by atoms with Crippen molar-refractivity contribution in [2.45, 2.75) is 25.7 Å². The zero-order valence-electron chi connectivity index (χ0n) is 19.8. The van der Waals surface area contributed by atoms with Crippen molar-refractivity contribution in [2.75, 3.05) is 24.1 Å². The molecule has 0 unspecified atom stereocenters. The molecule has 4 rings (SSSR count). The summed E-state index contributed by atoms with van der Waals surface area (Å²) in [6.45, 7) is 5.49. The minimum absolute atomic E-state index is 0.0369. The molecule has 0 spiro atoms. The van der Waals surface area contributed by atoms with E-state index >= 15 is 0 Å². The normalized spacial score (nSPS) is 12.8. The van der Waals surface area contributed by atoms with Crippen LogP contribution in [0.2, 0.25) is 0 Å². The van der Waals surface area contributed by atoms with E-state index in [1.165, 1.54) is 28.6 Å². The van der Waals surface area contributed by atoms with Gasteiger partial charge in [-0.05, 0) is 30.6 Å². The maximum atomic E-state index is 13.3. The molecule has 2 heterocycles. The lowest BCUT2D eigenvalue weighted by atomic mass is 10.1. The first-order chi connectivity index (χ1) is 17.0. The Bertz CT molecular complexity index is 1710. The van der Waals surface area contributed by atoms with Crippen LogP contribution >= 0.6 is 11.5 Å². The van der Waals surface area contributed by atoms with Crippen molar-refractivity contribution in [1.82, 2.24) is 18.6 Å². The summed E-state index contributed by atoms with van der Waals surface area (Å²) >= 11 is 1.04. The number of aromatic hydroxyl groups is 1. The van der Waals surface area contributed by atoms with Crippen LogP contribution in [0.3, 0.4) is 0 Å². The smallest absolute Gasteiger partial charge is 0.246 e. The van der Waals surface area contributed by atoms with Crippen LogP contribution in [0.15, 0.2) is 45.6 Å². The van der Waals surface area contributed by atoms with Crippen LogP contribution in [0, 0.1) is 6.92 Å². The molecule has 12 nitrogen and oxygen atoms in total. The van der Waals surface area contributed by atoms with Crippen LogP contribution in [-0.4, -0.2) is 59.9 Å². The van der Waals surface area contributed by atoms with Gasteiger partial charge < -0.3 is 5.11 Å². The predicted molar refractivity (Wildman–Crippen MR) is 138 cm³/mol. The maximum Gasteiger partial charge on any atom is 0.246 e. The van der Waals surface area contributed by atoms with Crippen molar-refractivity contribution in [2.24, 2.45) is 10.2 Å². The number of hydrogen-bond donors (Lipinski definition) is 2. The van der Waals surface area contributed by atoms with E-state index in [2.05, 4.69) is 29.3 Å². The standard InChI is InChI=1S/C21H23N7O5S3/c1-5-28(6-2)36(32,33)17-10-16(24-25-21-14-11-22-12(3)23-20(14)26-34-21)18-13(19(17)29)8-7-9-15(18)27-35(4,30)31/h7-11,27,29H,5-6H2,1-4H3/b25-24+. The molecule has 0 radical (unpaired) electrons. The Morgan fingerprint density at radius 1 is 1.11 bits per heavy atom. The lowest BCUT2D eigenvalue weighted by Gasteiger charge is -2.20. The van der Waals surface area contributed by atoms with Gasteiger partial charge in [-0.3, -0.25) is 4.72 Å². The van der Waals surface area contributed by atoms with Gasteiger partial charge in [0.15, 0.2) is 10.6 Å². The summed E-state index contributed by atoms with van der Waals surface area (Å²) in [5.41, 5.74) is 0.593. The van der Waals surface area contributed by atoms with E-state index in [1.54, 1.807) is 27.0 Å². The highest BCUT2D eigenvalue weighted by Gasteiger charge is 2.28. The minimum atomic E-state index is -4.09. The molecule has 0 aliphatic heterocycles. The fraction of sp³-hybridized carbons (Fsp3) is 0.286. The van der Waals surface area contributed by atoms with Crippen molar-refractivity contribution < 1.29 is 21.9 Å². The Labute approximate surface area is 212 Å². The highest BCUT2D eigenvalue weighted by Crippen LogP contribution is 2.44. The Kier molecular flexibility index (Phi) is 6.92. The summed E-state index contributed by atoms with van der Waals surface area (Å²) in [7, 11) is -7.80. The second-order valence-corrected chi connectivity index (χ2v) is 12.2. The Morgan fingerprint density at radius 2 is 1.83 bits per heavy atom. The van der Waals surface area contributed by atoms with Crippen LogP contribution in [0.5, 0.6) is 5.75 Å². The average molecular weight is 550 g/mol. The number of aryl methyl sites for hydroxylation is 1. The monoisotopic (exact) mass is 549 g/mol. The number of aromatic nitrogens is 3. The molecule has 15 heteroatoms. The molecule has 0 saturated heterocycles. The van der Waals surface area contributed by atoms with E-state index in [9.17, 15) is 21.9 Å². The Hall–Kier alpha value is -3.27. The summed E-state index contributed by atoms with van der Waals surface area (Å²) in [4.78, 5) is 8.04. The van der Waals surface area contributed by atoms with E-state index in [-0.39, 0.29) is 40.1 Å². The number of hydrogen-bond acceptors (Lipinski definition) is 11. The lowest BCUT2D eigenvalue weighted by Crippen LogP contribution is -2.30. The summed E-state index contributed by atoms with van der Waals surface area (Å²) in [5.74, 6) is 0.0312. The average Bonchev–Trinajstić information content (AvgIpc) is 3.20. The van der Waals surface area contributed by atoms with Crippen LogP contribution in [0.25, 0.3) is 21.8 Å². The molecule has 0 fully saturated rings. The number of azo groups is 1. The zero-order valence-corrected chi connectivity index (χ0v) is 22.2. The van der Waals surface area contributed by atoms with Gasteiger partial charge in [0.2, 0.25) is 20.0 Å². The van der Waals surface area contributed by atoms with Gasteiger partial charge >= 0.3 is 0 Å². The number of benzene rings is 2. The quantitative estimate of drug-likeness (QED) is 0.310. The Balaban J connectivity index is 2.00. The number of fused-ring (bicyclic) bond motifs is 2. The van der Waals surface area contributed by atoms with Crippen LogP contribution < -0.4 is 4.72 Å². The molecule has 0 aliphatic rings. The van der Waals surface area contributed by atoms with Crippen LogP contribution in [-0.2, 0) is 20.0 Å². The van der Waals surface area contributed by atoms with Gasteiger partial charge in [-0.15, -0.1) is 10.2 Å². The van der Waals surface area contributed by atoms with Gasteiger partial charge in [0.25, 0.3) is 0 Å². The molecular weight excluding hydrogens is 526 g/mol. The number of anilines is 1. The first-order valence-corrected chi connectivity index (χ1v) is 14.8. The van der Waals surface area contributed by atoms with Crippen molar-refractivity contribution in [3.63, 3.8) is 0 Å². The maximum absolute atomic E-state index is 13.3. The third-order valence-electron chi connectivity index (χ3n) is 5.28. The zero-order chi connectivity index (χ0) is 26.3. The van der Waals surface area contributed by atoms with E-state index in [1.807, 2.05) is 0 Å². The van der Waals surface area contributed by atoms with Crippen LogP contribution in [0.4, 0.5) is 16.4 Å². The van der Waals surface area contributed by atoms with E-state index in [0.29, 0.717) is 21.9 Å². The third-order valence-corrected chi connectivity index (χ3v) is 8.67. The number of phenols is 1. The van der Waals surface area contributed by atoms with Gasteiger partial charge in [0.1, 0.15) is 16.5 Å². The molecule has 2 aromatic carbocycles. The lowest BCUT2D eigenvalue weighted by molar-refractivity contribution is 0.431. The van der Waals surface area contributed by atoms with Crippen molar-refractivity contribution >= 4 is 69.8 Å². The van der Waals surface area contributed by atoms with Crippen molar-refractivity contribution in [3.05, 3.63) is 36.3 Å². The van der Waals surface area contributed by atoms with Crippen molar-refractivity contribution in [1.29, 1.82) is 0 Å². The van der Waals surface area contributed by atoms with E-state index in [0.717, 1.165) is 17.8 Å². The molecule has 0 aliphatic carbocycles. The summed E-state index contributed by atoms with van der Waals surface area (Å²) in [6, 6.07) is 5.66. The molecule has 36 heavy (non-hydrogen) atoms. The summed E-state index contributed by atoms with van der Waals surface area (Å²) in [6.07, 6.45) is 2.55. The fourth-order valence-electron chi connectivity index (χ4n) is 3.67. The Morgan fingerprint density at radius 3 is 2.50 bits per heavy atom. The third kappa shape index (κ3) is 4.86. The number of nitrogens with zero attached hydrogens (tertiary/aromatic N) is 6. The van der Waals surface area contributed by atoms with Gasteiger partial charge in [-0.25, -0.2) is 26.8 Å². The second-order valence-electron chi connectivity index (χ2n) is 7.78. The van der Waals surface area contributed by atoms with Gasteiger partial charge in [0, 0.05) is 30.1 Å². The second kappa shape index (κ2) is 9.65. The molecule has 2 N–H and O–H groups in total. The van der Waals surface area contributed by atoms with Gasteiger partial charge in [-0.1, -0.05) is 26.0 Å². The minimum Gasteiger partial charge on any atom is -0.506 e. The van der Waals surface area contributed by atoms with Crippen LogP contribution in [0.1, 0.15) is 19.7 Å². The van der Waals surface area contributed by atoms with E-state index in [4.69, 9.17) is 0 Å².